The molecular weight excluding hydrogens is 186 g/mol. The van der Waals surface area contributed by atoms with Crippen molar-refractivity contribution in [1.29, 1.82) is 5.26 Å². The summed E-state index contributed by atoms with van der Waals surface area (Å²) in [5, 5.41) is 19.8. The Bertz CT molecular complexity index is 266. The molecule has 0 aliphatic heterocycles. The molecule has 0 saturated heterocycles. The molecule has 0 amide bonds. The Kier molecular flexibility index (Phi) is 3.45. The van der Waals surface area contributed by atoms with E-state index in [-0.39, 0.29) is 17.3 Å². The van der Waals surface area contributed by atoms with Crippen molar-refractivity contribution < 1.29 is 5.11 Å². The van der Waals surface area contributed by atoms with Gasteiger partial charge in [-0.2, -0.15) is 5.26 Å². The first-order chi connectivity index (χ1) is 6.85. The molecule has 2 nitrogen and oxygen atoms in total. The first-order valence-corrected chi connectivity index (χ1v) is 5.97. The monoisotopic (exact) mass is 209 g/mol. The maximum atomic E-state index is 10.7. The van der Waals surface area contributed by atoms with E-state index in [1.165, 1.54) is 0 Å². The fourth-order valence-corrected chi connectivity index (χ4v) is 3.20. The predicted octanol–water partition coefficient (Wildman–Crippen LogP) is 3.11. The molecule has 3 atom stereocenters. The first-order valence-electron chi connectivity index (χ1n) is 5.97. The van der Waals surface area contributed by atoms with Gasteiger partial charge in [-0.15, -0.1) is 0 Å². The Morgan fingerprint density at radius 3 is 2.47 bits per heavy atom. The van der Waals surface area contributed by atoms with Gasteiger partial charge in [0.1, 0.15) is 0 Å². The Balaban J connectivity index is 2.87. The zero-order valence-electron chi connectivity index (χ0n) is 10.4. The van der Waals surface area contributed by atoms with Crippen LogP contribution in [0, 0.1) is 28.6 Å². The van der Waals surface area contributed by atoms with Gasteiger partial charge in [0, 0.05) is 0 Å². The minimum atomic E-state index is -0.756. The molecule has 0 aromatic heterocycles. The highest BCUT2D eigenvalue weighted by molar-refractivity contribution is 5.08. The lowest BCUT2D eigenvalue weighted by molar-refractivity contribution is -0.0342. The van der Waals surface area contributed by atoms with Gasteiger partial charge in [0.2, 0.25) is 0 Å². The summed E-state index contributed by atoms with van der Waals surface area (Å²) < 4.78 is 0. The highest BCUT2D eigenvalue weighted by atomic mass is 16.3. The summed E-state index contributed by atoms with van der Waals surface area (Å²) in [6.07, 6.45) is 3.56. The summed E-state index contributed by atoms with van der Waals surface area (Å²) in [4.78, 5) is 0. The Morgan fingerprint density at radius 2 is 2.13 bits per heavy atom. The van der Waals surface area contributed by atoms with Gasteiger partial charge in [-0.25, -0.2) is 0 Å². The summed E-state index contributed by atoms with van der Waals surface area (Å²) in [5.41, 5.74) is -0.578. The van der Waals surface area contributed by atoms with Gasteiger partial charge in [0.05, 0.1) is 17.6 Å². The van der Waals surface area contributed by atoms with Gasteiger partial charge in [-0.05, 0) is 30.6 Å². The lowest BCUT2D eigenvalue weighted by Gasteiger charge is -2.33. The van der Waals surface area contributed by atoms with Gasteiger partial charge in [0.15, 0.2) is 0 Å². The van der Waals surface area contributed by atoms with Crippen molar-refractivity contribution in [1.82, 2.24) is 0 Å². The third-order valence-electron chi connectivity index (χ3n) is 3.81. The summed E-state index contributed by atoms with van der Waals surface area (Å²) >= 11 is 0. The molecule has 0 aromatic rings. The van der Waals surface area contributed by atoms with Crippen molar-refractivity contribution in [2.24, 2.45) is 17.3 Å². The number of rotatable bonds is 3. The topological polar surface area (TPSA) is 44.0 Å². The fraction of sp³-hybridized carbons (Fsp3) is 0.923. The molecule has 2 heteroatoms. The van der Waals surface area contributed by atoms with Crippen molar-refractivity contribution >= 4 is 0 Å². The van der Waals surface area contributed by atoms with E-state index >= 15 is 0 Å². The van der Waals surface area contributed by atoms with E-state index in [1.54, 1.807) is 0 Å². The number of hydrogen-bond acceptors (Lipinski definition) is 2. The van der Waals surface area contributed by atoms with Crippen LogP contribution in [0.4, 0.5) is 0 Å². The van der Waals surface area contributed by atoms with Crippen LogP contribution in [-0.2, 0) is 0 Å². The smallest absolute Gasteiger partial charge is 0.0835 e. The predicted molar refractivity (Wildman–Crippen MR) is 61.1 cm³/mol. The Morgan fingerprint density at radius 1 is 1.53 bits per heavy atom. The van der Waals surface area contributed by atoms with E-state index in [0.717, 1.165) is 25.7 Å². The molecule has 1 N–H and O–H groups in total. The standard InChI is InChI=1S/C13H23NO/c1-5-6-11(8-14)13(15)9-12(3,4)7-10(13)2/h10-11,15H,5-7,9H2,1-4H3. The molecule has 0 radical (unpaired) electrons. The number of hydrogen-bond donors (Lipinski definition) is 1. The maximum Gasteiger partial charge on any atom is 0.0835 e. The van der Waals surface area contributed by atoms with Gasteiger partial charge >= 0.3 is 0 Å². The maximum absolute atomic E-state index is 10.7. The second-order valence-electron chi connectivity index (χ2n) is 5.91. The van der Waals surface area contributed by atoms with Crippen LogP contribution in [-0.4, -0.2) is 10.7 Å². The second kappa shape index (κ2) is 4.14. The number of nitriles is 1. The largest absolute Gasteiger partial charge is 0.388 e. The third-order valence-corrected chi connectivity index (χ3v) is 3.81. The summed E-state index contributed by atoms with van der Waals surface area (Å²) in [5.74, 6) is 0.0444. The van der Waals surface area contributed by atoms with Crippen molar-refractivity contribution in [2.75, 3.05) is 0 Å². The van der Waals surface area contributed by atoms with Crippen LogP contribution in [0.15, 0.2) is 0 Å². The molecule has 0 aromatic carbocycles. The lowest BCUT2D eigenvalue weighted by atomic mass is 9.77. The van der Waals surface area contributed by atoms with Crippen LogP contribution in [0.2, 0.25) is 0 Å². The minimum absolute atomic E-state index is 0.178. The number of nitrogens with zero attached hydrogens (tertiary/aromatic N) is 1. The molecule has 1 fully saturated rings. The Hall–Kier alpha value is -0.550. The van der Waals surface area contributed by atoms with Crippen molar-refractivity contribution in [3.8, 4) is 6.07 Å². The van der Waals surface area contributed by atoms with Gasteiger partial charge in [-0.3, -0.25) is 0 Å². The van der Waals surface area contributed by atoms with E-state index in [4.69, 9.17) is 5.26 Å². The Labute approximate surface area is 93.3 Å². The highest BCUT2D eigenvalue weighted by Crippen LogP contribution is 2.51. The molecule has 0 spiro atoms. The zero-order chi connectivity index (χ0) is 11.7. The van der Waals surface area contributed by atoms with E-state index in [0.29, 0.717) is 0 Å². The van der Waals surface area contributed by atoms with E-state index < -0.39 is 5.60 Å². The fourth-order valence-electron chi connectivity index (χ4n) is 3.20. The molecule has 1 aliphatic carbocycles. The molecule has 1 rings (SSSR count). The summed E-state index contributed by atoms with van der Waals surface area (Å²) in [7, 11) is 0. The molecule has 86 valence electrons. The van der Waals surface area contributed by atoms with Gasteiger partial charge in [0.25, 0.3) is 0 Å². The van der Waals surface area contributed by atoms with E-state index in [1.807, 2.05) is 0 Å². The van der Waals surface area contributed by atoms with Crippen LogP contribution in [0.5, 0.6) is 0 Å². The van der Waals surface area contributed by atoms with Gasteiger partial charge in [-0.1, -0.05) is 34.1 Å². The molecule has 1 saturated carbocycles. The van der Waals surface area contributed by atoms with Crippen LogP contribution in [0.1, 0.15) is 53.4 Å². The van der Waals surface area contributed by atoms with Crippen LogP contribution < -0.4 is 0 Å². The number of aliphatic hydroxyl groups is 1. The van der Waals surface area contributed by atoms with Crippen LogP contribution in [0.25, 0.3) is 0 Å². The third kappa shape index (κ3) is 2.34. The highest BCUT2D eigenvalue weighted by Gasteiger charge is 2.51. The van der Waals surface area contributed by atoms with E-state index in [9.17, 15) is 5.11 Å². The summed E-state index contributed by atoms with van der Waals surface area (Å²) in [6, 6.07) is 2.30. The van der Waals surface area contributed by atoms with Crippen molar-refractivity contribution in [3.05, 3.63) is 0 Å². The van der Waals surface area contributed by atoms with Crippen LogP contribution in [0.3, 0.4) is 0 Å². The zero-order valence-corrected chi connectivity index (χ0v) is 10.4. The minimum Gasteiger partial charge on any atom is -0.388 e. The molecule has 0 bridgehead atoms. The van der Waals surface area contributed by atoms with Crippen molar-refractivity contribution in [2.45, 2.75) is 59.0 Å². The SMILES string of the molecule is CCCC(C#N)C1(O)CC(C)(C)CC1C. The second-order valence-corrected chi connectivity index (χ2v) is 5.91. The molecule has 1 aliphatic rings. The molecule has 15 heavy (non-hydrogen) atoms. The molecule has 0 heterocycles. The van der Waals surface area contributed by atoms with Gasteiger partial charge < -0.3 is 5.11 Å². The normalized spacial score (nSPS) is 36.1. The average molecular weight is 209 g/mol. The average Bonchev–Trinajstić information content (AvgIpc) is 2.32. The van der Waals surface area contributed by atoms with Crippen LogP contribution >= 0.6 is 0 Å². The lowest BCUT2D eigenvalue weighted by Crippen LogP contribution is -2.40. The van der Waals surface area contributed by atoms with Crippen molar-refractivity contribution in [3.63, 3.8) is 0 Å². The van der Waals surface area contributed by atoms with E-state index in [2.05, 4.69) is 33.8 Å². The first kappa shape index (κ1) is 12.5. The molecular formula is C13H23NO. The summed E-state index contributed by atoms with van der Waals surface area (Å²) in [6.45, 7) is 8.51. The quantitative estimate of drug-likeness (QED) is 0.776. The molecule has 3 unspecified atom stereocenters.